The maximum atomic E-state index is 12.3. The molecule has 7 heteroatoms. The third-order valence-corrected chi connectivity index (χ3v) is 4.39. The number of benzene rings is 2. The fourth-order valence-corrected chi connectivity index (χ4v) is 2.82. The van der Waals surface area contributed by atoms with Gasteiger partial charge in [-0.25, -0.2) is 4.68 Å². The molecule has 27 heavy (non-hydrogen) atoms. The summed E-state index contributed by atoms with van der Waals surface area (Å²) >= 11 is 0. The van der Waals surface area contributed by atoms with E-state index in [1.165, 1.54) is 10.2 Å². The Hall–Kier alpha value is -3.22. The summed E-state index contributed by atoms with van der Waals surface area (Å²) < 4.78 is 6.58. The van der Waals surface area contributed by atoms with Crippen LogP contribution in [0.3, 0.4) is 0 Å². The first-order valence-corrected chi connectivity index (χ1v) is 8.68. The Morgan fingerprint density at radius 1 is 1.15 bits per heavy atom. The smallest absolute Gasteiger partial charge is 0.328 e. The number of carbonyl (C=O) groups excluding carboxylic acids is 2. The fourth-order valence-electron chi connectivity index (χ4n) is 2.82. The molecule has 3 rings (SSSR count). The van der Waals surface area contributed by atoms with E-state index in [2.05, 4.69) is 16.4 Å². The van der Waals surface area contributed by atoms with Gasteiger partial charge in [-0.1, -0.05) is 41.1 Å². The Morgan fingerprint density at radius 3 is 2.70 bits per heavy atom. The van der Waals surface area contributed by atoms with E-state index in [-0.39, 0.29) is 19.1 Å². The topological polar surface area (TPSA) is 77.3 Å². The summed E-state index contributed by atoms with van der Waals surface area (Å²) in [7, 11) is 1.69. The van der Waals surface area contributed by atoms with Gasteiger partial charge in [0.2, 0.25) is 0 Å². The number of esters is 1. The molecule has 0 aliphatic heterocycles. The number of ether oxygens (including phenoxy) is 1. The SMILES string of the molecule is Cc1ccc(CN(C)C(=O)COC(=O)Cn2nnc3ccccc32)c(C)c1. The molecule has 0 aliphatic carbocycles. The van der Waals surface area contributed by atoms with Gasteiger partial charge in [-0.05, 0) is 37.1 Å². The van der Waals surface area contributed by atoms with Gasteiger partial charge in [0.1, 0.15) is 12.1 Å². The Bertz CT molecular complexity index is 980. The quantitative estimate of drug-likeness (QED) is 0.626. The van der Waals surface area contributed by atoms with Crippen molar-refractivity contribution >= 4 is 22.9 Å². The predicted octanol–water partition coefficient (Wildman–Crippen LogP) is 2.25. The number of carbonyl (C=O) groups is 2. The van der Waals surface area contributed by atoms with Crippen LogP contribution >= 0.6 is 0 Å². The molecule has 0 N–H and O–H groups in total. The summed E-state index contributed by atoms with van der Waals surface area (Å²) in [5.41, 5.74) is 4.82. The number of fused-ring (bicyclic) bond motifs is 1. The minimum atomic E-state index is -0.529. The second-order valence-electron chi connectivity index (χ2n) is 6.58. The first-order valence-electron chi connectivity index (χ1n) is 8.68. The van der Waals surface area contributed by atoms with Gasteiger partial charge in [0.15, 0.2) is 6.61 Å². The van der Waals surface area contributed by atoms with Crippen LogP contribution in [0.2, 0.25) is 0 Å². The molecule has 0 bridgehead atoms. The van der Waals surface area contributed by atoms with E-state index < -0.39 is 5.97 Å². The van der Waals surface area contributed by atoms with Crippen LogP contribution in [-0.2, 0) is 27.4 Å². The van der Waals surface area contributed by atoms with Gasteiger partial charge in [0, 0.05) is 13.6 Å². The normalized spacial score (nSPS) is 10.8. The molecule has 0 unspecified atom stereocenters. The lowest BCUT2D eigenvalue weighted by Crippen LogP contribution is -2.31. The fraction of sp³-hybridized carbons (Fsp3) is 0.300. The van der Waals surface area contributed by atoms with E-state index in [9.17, 15) is 9.59 Å². The van der Waals surface area contributed by atoms with Crippen LogP contribution < -0.4 is 0 Å². The molecule has 140 valence electrons. The lowest BCUT2D eigenvalue weighted by atomic mass is 10.1. The number of hydrogen-bond acceptors (Lipinski definition) is 5. The van der Waals surface area contributed by atoms with Crippen molar-refractivity contribution in [3.63, 3.8) is 0 Å². The number of para-hydroxylation sites is 1. The number of hydrogen-bond donors (Lipinski definition) is 0. The summed E-state index contributed by atoms with van der Waals surface area (Å²) in [6.07, 6.45) is 0. The second-order valence-corrected chi connectivity index (χ2v) is 6.58. The van der Waals surface area contributed by atoms with Crippen molar-refractivity contribution in [2.24, 2.45) is 0 Å². The molecule has 0 fully saturated rings. The first kappa shape index (κ1) is 18.6. The van der Waals surface area contributed by atoms with Gasteiger partial charge in [0.25, 0.3) is 5.91 Å². The zero-order valence-electron chi connectivity index (χ0n) is 15.7. The van der Waals surface area contributed by atoms with Gasteiger partial charge in [-0.15, -0.1) is 5.10 Å². The van der Waals surface area contributed by atoms with Gasteiger partial charge < -0.3 is 9.64 Å². The lowest BCUT2D eigenvalue weighted by Gasteiger charge is -2.18. The second kappa shape index (κ2) is 7.99. The molecule has 0 radical (unpaired) electrons. The predicted molar refractivity (Wildman–Crippen MR) is 101 cm³/mol. The van der Waals surface area contributed by atoms with Crippen LogP contribution in [-0.4, -0.2) is 45.4 Å². The molecule has 7 nitrogen and oxygen atoms in total. The van der Waals surface area contributed by atoms with Crippen LogP contribution in [0.15, 0.2) is 42.5 Å². The van der Waals surface area contributed by atoms with E-state index >= 15 is 0 Å². The summed E-state index contributed by atoms with van der Waals surface area (Å²) in [4.78, 5) is 25.9. The summed E-state index contributed by atoms with van der Waals surface area (Å²) in [5, 5.41) is 7.93. The molecule has 0 spiro atoms. The lowest BCUT2D eigenvalue weighted by molar-refractivity contribution is -0.152. The van der Waals surface area contributed by atoms with Crippen LogP contribution in [0.4, 0.5) is 0 Å². The molecule has 1 heterocycles. The average Bonchev–Trinajstić information content (AvgIpc) is 3.05. The Balaban J connectivity index is 1.52. The van der Waals surface area contributed by atoms with Crippen LogP contribution in [0, 0.1) is 13.8 Å². The third-order valence-electron chi connectivity index (χ3n) is 4.39. The first-order chi connectivity index (χ1) is 12.9. The largest absolute Gasteiger partial charge is 0.454 e. The zero-order chi connectivity index (χ0) is 19.4. The molecule has 1 aromatic heterocycles. The number of aryl methyl sites for hydroxylation is 2. The van der Waals surface area contributed by atoms with Crippen molar-refractivity contribution in [1.29, 1.82) is 0 Å². The standard InChI is InChI=1S/C20H22N4O3/c1-14-8-9-16(15(2)10-14)11-23(3)19(25)13-27-20(26)12-24-18-7-5-4-6-17(18)21-22-24/h4-10H,11-13H2,1-3H3. The van der Waals surface area contributed by atoms with E-state index in [0.29, 0.717) is 12.1 Å². The van der Waals surface area contributed by atoms with E-state index in [4.69, 9.17) is 4.74 Å². The zero-order valence-corrected chi connectivity index (χ0v) is 15.7. The summed E-state index contributed by atoms with van der Waals surface area (Å²) in [5.74, 6) is -0.786. The summed E-state index contributed by atoms with van der Waals surface area (Å²) in [6.45, 7) is 4.13. The number of rotatable bonds is 6. The molecule has 2 aromatic carbocycles. The Labute approximate surface area is 157 Å². The number of nitrogens with zero attached hydrogens (tertiary/aromatic N) is 4. The van der Waals surface area contributed by atoms with E-state index in [1.54, 1.807) is 11.9 Å². The van der Waals surface area contributed by atoms with Gasteiger partial charge in [-0.3, -0.25) is 9.59 Å². The number of amides is 1. The van der Waals surface area contributed by atoms with Crippen molar-refractivity contribution in [2.45, 2.75) is 26.9 Å². The number of likely N-dealkylation sites (N-methyl/N-ethyl adjacent to an activating group) is 1. The molecule has 3 aromatic rings. The molecule has 0 atom stereocenters. The molecule has 1 amide bonds. The maximum absolute atomic E-state index is 12.3. The van der Waals surface area contributed by atoms with Crippen molar-refractivity contribution in [1.82, 2.24) is 19.9 Å². The highest BCUT2D eigenvalue weighted by molar-refractivity contribution is 5.81. The van der Waals surface area contributed by atoms with Gasteiger partial charge in [-0.2, -0.15) is 0 Å². The Morgan fingerprint density at radius 2 is 1.93 bits per heavy atom. The van der Waals surface area contributed by atoms with Crippen molar-refractivity contribution in [3.8, 4) is 0 Å². The van der Waals surface area contributed by atoms with Crippen LogP contribution in [0.25, 0.3) is 11.0 Å². The molecular weight excluding hydrogens is 344 g/mol. The highest BCUT2D eigenvalue weighted by Gasteiger charge is 2.15. The minimum absolute atomic E-state index is 0.0887. The molecular formula is C20H22N4O3. The van der Waals surface area contributed by atoms with Crippen molar-refractivity contribution in [3.05, 3.63) is 59.2 Å². The van der Waals surface area contributed by atoms with Crippen molar-refractivity contribution in [2.75, 3.05) is 13.7 Å². The monoisotopic (exact) mass is 366 g/mol. The number of aromatic nitrogens is 3. The van der Waals surface area contributed by atoms with Gasteiger partial charge >= 0.3 is 5.97 Å². The highest BCUT2D eigenvalue weighted by atomic mass is 16.5. The maximum Gasteiger partial charge on any atom is 0.328 e. The molecule has 0 saturated heterocycles. The molecule has 0 saturated carbocycles. The van der Waals surface area contributed by atoms with Crippen molar-refractivity contribution < 1.29 is 14.3 Å². The van der Waals surface area contributed by atoms with E-state index in [0.717, 1.165) is 16.6 Å². The molecule has 0 aliphatic rings. The van der Waals surface area contributed by atoms with Crippen LogP contribution in [0.1, 0.15) is 16.7 Å². The average molecular weight is 366 g/mol. The third kappa shape index (κ3) is 4.49. The summed E-state index contributed by atoms with van der Waals surface area (Å²) in [6, 6.07) is 13.4. The highest BCUT2D eigenvalue weighted by Crippen LogP contribution is 2.13. The Kier molecular flexibility index (Phi) is 5.49. The van der Waals surface area contributed by atoms with E-state index in [1.807, 2.05) is 50.2 Å². The minimum Gasteiger partial charge on any atom is -0.454 e. The van der Waals surface area contributed by atoms with Crippen LogP contribution in [0.5, 0.6) is 0 Å². The van der Waals surface area contributed by atoms with Gasteiger partial charge in [0.05, 0.1) is 5.52 Å².